The Morgan fingerprint density at radius 3 is 2.46 bits per heavy atom. The molecule has 2 N–H and O–H groups in total. The fourth-order valence-electron chi connectivity index (χ4n) is 3.00. The SMILES string of the molecule is Cc1nc(C(N)=O)cc(=O)n1C1(c2ccc(C(F)F)c(F)c2)CC1. The van der Waals surface area contributed by atoms with Crippen molar-refractivity contribution in [3.63, 3.8) is 0 Å². The van der Waals surface area contributed by atoms with Gasteiger partial charge in [-0.1, -0.05) is 12.1 Å². The van der Waals surface area contributed by atoms with Crippen molar-refractivity contribution in [1.82, 2.24) is 9.55 Å². The first-order valence-electron chi connectivity index (χ1n) is 7.25. The van der Waals surface area contributed by atoms with Gasteiger partial charge in [-0.05, 0) is 31.4 Å². The van der Waals surface area contributed by atoms with E-state index in [9.17, 15) is 22.8 Å². The molecule has 0 aliphatic heterocycles. The van der Waals surface area contributed by atoms with Crippen molar-refractivity contribution in [2.75, 3.05) is 0 Å². The van der Waals surface area contributed by atoms with Crippen LogP contribution in [0.15, 0.2) is 29.1 Å². The van der Waals surface area contributed by atoms with E-state index in [0.717, 1.165) is 18.2 Å². The standard InChI is InChI=1S/C16H14F3N3O2/c1-8-21-12(15(20)24)7-13(23)22(8)16(4-5-16)9-2-3-10(14(18)19)11(17)6-9/h2-3,6-7,14H,4-5H2,1H3,(H2,20,24). The minimum Gasteiger partial charge on any atom is -0.364 e. The Balaban J connectivity index is 2.12. The molecule has 126 valence electrons. The van der Waals surface area contributed by atoms with Crippen molar-refractivity contribution in [2.24, 2.45) is 5.73 Å². The Labute approximate surface area is 134 Å². The first kappa shape index (κ1) is 16.2. The van der Waals surface area contributed by atoms with E-state index in [-0.39, 0.29) is 11.5 Å². The number of benzene rings is 1. The van der Waals surface area contributed by atoms with Crippen LogP contribution in [0.4, 0.5) is 13.2 Å². The number of aromatic nitrogens is 2. The van der Waals surface area contributed by atoms with Gasteiger partial charge in [0.25, 0.3) is 17.9 Å². The average Bonchev–Trinajstić information content (AvgIpc) is 3.27. The molecule has 0 spiro atoms. The van der Waals surface area contributed by atoms with E-state index in [1.807, 2.05) is 0 Å². The van der Waals surface area contributed by atoms with E-state index >= 15 is 0 Å². The molecule has 8 heteroatoms. The second-order valence-electron chi connectivity index (χ2n) is 5.80. The second kappa shape index (κ2) is 5.47. The molecule has 1 heterocycles. The zero-order chi connectivity index (χ0) is 17.6. The molecule has 1 aliphatic rings. The summed E-state index contributed by atoms with van der Waals surface area (Å²) >= 11 is 0. The summed E-state index contributed by atoms with van der Waals surface area (Å²) in [4.78, 5) is 27.6. The molecule has 5 nitrogen and oxygen atoms in total. The lowest BCUT2D eigenvalue weighted by Gasteiger charge is -2.22. The summed E-state index contributed by atoms with van der Waals surface area (Å²) in [6.07, 6.45) is -1.83. The molecule has 1 saturated carbocycles. The molecule has 1 amide bonds. The van der Waals surface area contributed by atoms with Gasteiger partial charge in [0.1, 0.15) is 17.3 Å². The van der Waals surface area contributed by atoms with Gasteiger partial charge in [0, 0.05) is 6.07 Å². The smallest absolute Gasteiger partial charge is 0.267 e. The fourth-order valence-corrected chi connectivity index (χ4v) is 3.00. The summed E-state index contributed by atoms with van der Waals surface area (Å²) in [6, 6.07) is 4.48. The van der Waals surface area contributed by atoms with Crippen LogP contribution in [0.2, 0.25) is 0 Å². The maximum Gasteiger partial charge on any atom is 0.267 e. The zero-order valence-electron chi connectivity index (χ0n) is 12.7. The van der Waals surface area contributed by atoms with Crippen molar-refractivity contribution in [3.8, 4) is 0 Å². The van der Waals surface area contributed by atoms with E-state index in [4.69, 9.17) is 5.73 Å². The third-order valence-electron chi connectivity index (χ3n) is 4.26. The number of rotatable bonds is 4. The Hall–Kier alpha value is -2.64. The van der Waals surface area contributed by atoms with Gasteiger partial charge < -0.3 is 5.73 Å². The number of amides is 1. The van der Waals surface area contributed by atoms with Crippen LogP contribution >= 0.6 is 0 Å². The lowest BCUT2D eigenvalue weighted by molar-refractivity contribution is 0.0994. The number of aryl methyl sites for hydroxylation is 1. The minimum atomic E-state index is -2.91. The first-order chi connectivity index (χ1) is 11.3. The van der Waals surface area contributed by atoms with Crippen molar-refractivity contribution < 1.29 is 18.0 Å². The predicted octanol–water partition coefficient (Wildman–Crippen LogP) is 2.26. The number of nitrogens with zero attached hydrogens (tertiary/aromatic N) is 2. The lowest BCUT2D eigenvalue weighted by Crippen LogP contribution is -2.35. The summed E-state index contributed by atoms with van der Waals surface area (Å²) in [5, 5.41) is 0. The molecule has 1 aromatic heterocycles. The number of primary amides is 1. The zero-order valence-corrected chi connectivity index (χ0v) is 12.7. The monoisotopic (exact) mass is 337 g/mol. The molecule has 0 unspecified atom stereocenters. The number of carbonyl (C=O) groups excluding carboxylic acids is 1. The van der Waals surface area contributed by atoms with Crippen molar-refractivity contribution in [3.05, 3.63) is 63.1 Å². The molecule has 1 aromatic carbocycles. The molecular weight excluding hydrogens is 323 g/mol. The lowest BCUT2D eigenvalue weighted by atomic mass is 10.0. The van der Waals surface area contributed by atoms with E-state index in [1.54, 1.807) is 0 Å². The van der Waals surface area contributed by atoms with Crippen LogP contribution in [0.5, 0.6) is 0 Å². The van der Waals surface area contributed by atoms with Gasteiger partial charge in [-0.3, -0.25) is 14.2 Å². The Kier molecular flexibility index (Phi) is 3.70. The third kappa shape index (κ3) is 2.47. The molecule has 0 saturated heterocycles. The van der Waals surface area contributed by atoms with Crippen molar-refractivity contribution >= 4 is 5.91 Å². The highest BCUT2D eigenvalue weighted by Crippen LogP contribution is 2.49. The van der Waals surface area contributed by atoms with Gasteiger partial charge in [-0.15, -0.1) is 0 Å². The van der Waals surface area contributed by atoms with Crippen LogP contribution in [0.3, 0.4) is 0 Å². The quantitative estimate of drug-likeness (QED) is 0.929. The average molecular weight is 337 g/mol. The summed E-state index contributed by atoms with van der Waals surface area (Å²) in [5.74, 6) is -1.58. The number of hydrogen-bond donors (Lipinski definition) is 1. The van der Waals surface area contributed by atoms with Gasteiger partial charge >= 0.3 is 0 Å². The van der Waals surface area contributed by atoms with Gasteiger partial charge in [0.05, 0.1) is 11.1 Å². The predicted molar refractivity (Wildman–Crippen MR) is 79.4 cm³/mol. The van der Waals surface area contributed by atoms with E-state index < -0.39 is 34.8 Å². The van der Waals surface area contributed by atoms with Crippen LogP contribution in [-0.2, 0) is 5.54 Å². The highest BCUT2D eigenvalue weighted by atomic mass is 19.3. The molecule has 0 radical (unpaired) electrons. The summed E-state index contributed by atoms with van der Waals surface area (Å²) in [7, 11) is 0. The van der Waals surface area contributed by atoms with E-state index in [2.05, 4.69) is 4.98 Å². The maximum atomic E-state index is 13.9. The number of hydrogen-bond acceptors (Lipinski definition) is 3. The first-order valence-corrected chi connectivity index (χ1v) is 7.25. The van der Waals surface area contributed by atoms with E-state index in [0.29, 0.717) is 18.4 Å². The molecule has 0 atom stereocenters. The van der Waals surface area contributed by atoms with Crippen molar-refractivity contribution in [2.45, 2.75) is 31.7 Å². The molecule has 3 rings (SSSR count). The largest absolute Gasteiger partial charge is 0.364 e. The number of alkyl halides is 2. The highest BCUT2D eigenvalue weighted by molar-refractivity contribution is 5.90. The molecule has 0 bridgehead atoms. The molecule has 1 aliphatic carbocycles. The second-order valence-corrected chi connectivity index (χ2v) is 5.80. The minimum absolute atomic E-state index is 0.149. The topological polar surface area (TPSA) is 78.0 Å². The molecule has 24 heavy (non-hydrogen) atoms. The fraction of sp³-hybridized carbons (Fsp3) is 0.312. The van der Waals surface area contributed by atoms with E-state index in [1.165, 1.54) is 17.6 Å². The van der Waals surface area contributed by atoms with Crippen LogP contribution in [0, 0.1) is 12.7 Å². The summed E-state index contributed by atoms with van der Waals surface area (Å²) in [5.41, 5.74) is 3.40. The summed E-state index contributed by atoms with van der Waals surface area (Å²) in [6.45, 7) is 1.54. The van der Waals surface area contributed by atoms with Crippen LogP contribution in [-0.4, -0.2) is 15.5 Å². The van der Waals surface area contributed by atoms with Crippen molar-refractivity contribution in [1.29, 1.82) is 0 Å². The molecular formula is C16H14F3N3O2. The van der Waals surface area contributed by atoms with Crippen LogP contribution in [0.1, 0.15) is 46.7 Å². The molecule has 2 aromatic rings. The summed E-state index contributed by atoms with van der Waals surface area (Å²) < 4.78 is 40.6. The number of halogens is 3. The van der Waals surface area contributed by atoms with Crippen LogP contribution < -0.4 is 11.3 Å². The molecule has 1 fully saturated rings. The Bertz CT molecular complexity index is 889. The Morgan fingerprint density at radius 1 is 1.33 bits per heavy atom. The van der Waals surface area contributed by atoms with Crippen LogP contribution in [0.25, 0.3) is 0 Å². The van der Waals surface area contributed by atoms with Gasteiger partial charge in [0.2, 0.25) is 0 Å². The maximum absolute atomic E-state index is 13.9. The third-order valence-corrected chi connectivity index (χ3v) is 4.26. The number of carbonyl (C=O) groups is 1. The van der Waals surface area contributed by atoms with Gasteiger partial charge in [-0.25, -0.2) is 18.2 Å². The highest BCUT2D eigenvalue weighted by Gasteiger charge is 2.48. The van der Waals surface area contributed by atoms with Gasteiger partial charge in [0.15, 0.2) is 0 Å². The normalized spacial score (nSPS) is 15.5. The number of nitrogens with two attached hydrogens (primary N) is 1. The Morgan fingerprint density at radius 2 is 2.00 bits per heavy atom. The van der Waals surface area contributed by atoms with Gasteiger partial charge in [-0.2, -0.15) is 0 Å².